The van der Waals surface area contributed by atoms with E-state index >= 15 is 0 Å². The van der Waals surface area contributed by atoms with Crippen LogP contribution in [0, 0.1) is 46.5 Å². The Morgan fingerprint density at radius 2 is 0.905 bits per heavy atom. The quantitative estimate of drug-likeness (QED) is 0.365. The van der Waals surface area contributed by atoms with Crippen LogP contribution < -0.4 is 5.73 Å². The van der Waals surface area contributed by atoms with Crippen LogP contribution in [-0.2, 0) is 0 Å². The summed E-state index contributed by atoms with van der Waals surface area (Å²) in [6.45, 7) is 0. The molecule has 0 spiro atoms. The summed E-state index contributed by atoms with van der Waals surface area (Å²) in [5.41, 5.74) is 0.190. The van der Waals surface area contributed by atoms with Crippen molar-refractivity contribution in [2.75, 3.05) is 5.73 Å². The van der Waals surface area contributed by atoms with Gasteiger partial charge in [-0.25, -0.2) is 35.1 Å². The van der Waals surface area contributed by atoms with Gasteiger partial charge in [0.2, 0.25) is 5.82 Å². The van der Waals surface area contributed by atoms with Gasteiger partial charge in [-0.05, 0) is 0 Å². The van der Waals surface area contributed by atoms with Crippen molar-refractivity contribution in [1.29, 1.82) is 0 Å². The Kier molecular flexibility index (Phi) is 3.52. The second kappa shape index (κ2) is 4.90. The molecule has 0 aliphatic carbocycles. The third-order valence-electron chi connectivity index (χ3n) is 2.65. The molecule has 1 nitrogen and oxygen atoms in total. The van der Waals surface area contributed by atoms with Crippen LogP contribution >= 0.6 is 0 Å². The molecule has 9 heteroatoms. The molecule has 2 aromatic rings. The SMILES string of the molecule is Nc1cc(F)c(-c2c(F)c(F)c(F)c(F)c2F)c(F)c1F. The monoisotopic (exact) mass is 313 g/mol. The predicted octanol–water partition coefficient (Wildman–Crippen LogP) is 4.05. The first kappa shape index (κ1) is 15.1. The fraction of sp³-hybridized carbons (Fsp3) is 0. The number of hydrogen-bond acceptors (Lipinski definition) is 1. The minimum absolute atomic E-state index is 0.159. The number of nitrogens with two attached hydrogens (primary N) is 1. The molecule has 0 bridgehead atoms. The average Bonchev–Trinajstić information content (AvgIpc) is 2.44. The molecule has 0 amide bonds. The van der Waals surface area contributed by atoms with Crippen LogP contribution in [0.4, 0.5) is 40.8 Å². The molecule has 0 atom stereocenters. The van der Waals surface area contributed by atoms with E-state index in [1.807, 2.05) is 0 Å². The first-order chi connectivity index (χ1) is 9.68. The summed E-state index contributed by atoms with van der Waals surface area (Å²) in [4.78, 5) is 0. The molecule has 2 rings (SSSR count). The zero-order valence-corrected chi connectivity index (χ0v) is 9.68. The number of hydrogen-bond donors (Lipinski definition) is 1. The van der Waals surface area contributed by atoms with Gasteiger partial charge in [0.05, 0.1) is 16.8 Å². The predicted molar refractivity (Wildman–Crippen MR) is 56.0 cm³/mol. The zero-order chi connectivity index (χ0) is 16.1. The summed E-state index contributed by atoms with van der Waals surface area (Å²) in [5.74, 6) is -18.2. The van der Waals surface area contributed by atoms with Crippen molar-refractivity contribution in [2.45, 2.75) is 0 Å². The lowest BCUT2D eigenvalue weighted by molar-refractivity contribution is 0.380. The van der Waals surface area contributed by atoms with Crippen molar-refractivity contribution in [3.05, 3.63) is 52.6 Å². The maximum Gasteiger partial charge on any atom is 0.200 e. The van der Waals surface area contributed by atoms with Crippen molar-refractivity contribution >= 4 is 5.69 Å². The summed E-state index contributed by atoms with van der Waals surface area (Å²) in [7, 11) is 0. The molecule has 21 heavy (non-hydrogen) atoms. The first-order valence-corrected chi connectivity index (χ1v) is 5.13. The molecule has 0 unspecified atom stereocenters. The van der Waals surface area contributed by atoms with Crippen LogP contribution in [0.5, 0.6) is 0 Å². The lowest BCUT2D eigenvalue weighted by atomic mass is 10.0. The maximum absolute atomic E-state index is 13.6. The summed E-state index contributed by atoms with van der Waals surface area (Å²) in [6, 6.07) is 0.159. The Morgan fingerprint density at radius 1 is 0.524 bits per heavy atom. The fourth-order valence-corrected chi connectivity index (χ4v) is 1.67. The van der Waals surface area contributed by atoms with Gasteiger partial charge in [-0.15, -0.1) is 0 Å². The molecule has 0 saturated heterocycles. The van der Waals surface area contributed by atoms with Crippen LogP contribution in [0.25, 0.3) is 11.1 Å². The van der Waals surface area contributed by atoms with Gasteiger partial charge in [-0.3, -0.25) is 0 Å². The van der Waals surface area contributed by atoms with E-state index in [2.05, 4.69) is 0 Å². The number of anilines is 1. The number of benzene rings is 2. The van der Waals surface area contributed by atoms with E-state index in [-0.39, 0.29) is 6.07 Å². The highest BCUT2D eigenvalue weighted by molar-refractivity contribution is 5.69. The Morgan fingerprint density at radius 3 is 1.38 bits per heavy atom. The molecule has 2 N–H and O–H groups in total. The van der Waals surface area contributed by atoms with Gasteiger partial charge >= 0.3 is 0 Å². The van der Waals surface area contributed by atoms with Gasteiger partial charge in [0.1, 0.15) is 5.82 Å². The van der Waals surface area contributed by atoms with Crippen LogP contribution in [0.1, 0.15) is 0 Å². The molecular weight excluding hydrogens is 310 g/mol. The van der Waals surface area contributed by atoms with Crippen LogP contribution in [0.15, 0.2) is 6.07 Å². The minimum atomic E-state index is -2.51. The number of halogens is 8. The van der Waals surface area contributed by atoms with Crippen molar-refractivity contribution in [1.82, 2.24) is 0 Å². The van der Waals surface area contributed by atoms with E-state index in [1.165, 1.54) is 0 Å². The number of nitrogen functional groups attached to an aromatic ring is 1. The molecule has 0 saturated carbocycles. The largest absolute Gasteiger partial charge is 0.396 e. The van der Waals surface area contributed by atoms with Crippen molar-refractivity contribution in [2.24, 2.45) is 0 Å². The zero-order valence-electron chi connectivity index (χ0n) is 9.68. The summed E-state index contributed by atoms with van der Waals surface area (Å²) in [5, 5.41) is 0. The van der Waals surface area contributed by atoms with E-state index in [0.717, 1.165) is 0 Å². The highest BCUT2D eigenvalue weighted by atomic mass is 19.2. The molecule has 112 valence electrons. The van der Waals surface area contributed by atoms with E-state index in [0.29, 0.717) is 0 Å². The van der Waals surface area contributed by atoms with Gasteiger partial charge in [0, 0.05) is 6.07 Å². The molecular formula is C12H3F8N. The van der Waals surface area contributed by atoms with Crippen molar-refractivity contribution < 1.29 is 35.1 Å². The highest BCUT2D eigenvalue weighted by Crippen LogP contribution is 2.36. The summed E-state index contributed by atoms with van der Waals surface area (Å²) < 4.78 is 106. The molecule has 0 radical (unpaired) electrons. The Hall–Kier alpha value is -2.32. The van der Waals surface area contributed by atoms with Crippen LogP contribution in [0.3, 0.4) is 0 Å². The molecule has 0 aliphatic rings. The standard InChI is InChI=1S/C12H3F8N/c13-2-1-3(21)6(14)7(15)4(2)5-8(16)10(18)12(20)11(19)9(5)17/h1H,21H2. The average molecular weight is 313 g/mol. The molecule has 0 aromatic heterocycles. The third-order valence-corrected chi connectivity index (χ3v) is 2.65. The second-order valence-electron chi connectivity index (χ2n) is 3.90. The Bertz CT molecular complexity index is 727. The highest BCUT2D eigenvalue weighted by Gasteiger charge is 2.31. The molecule has 0 fully saturated rings. The minimum Gasteiger partial charge on any atom is -0.396 e. The van der Waals surface area contributed by atoms with Gasteiger partial charge in [0.15, 0.2) is 34.9 Å². The number of rotatable bonds is 1. The lowest BCUT2D eigenvalue weighted by Gasteiger charge is -2.11. The second-order valence-corrected chi connectivity index (χ2v) is 3.90. The van der Waals surface area contributed by atoms with Gasteiger partial charge in [0.25, 0.3) is 0 Å². The smallest absolute Gasteiger partial charge is 0.200 e. The first-order valence-electron chi connectivity index (χ1n) is 5.13. The van der Waals surface area contributed by atoms with Gasteiger partial charge in [-0.2, -0.15) is 0 Å². The van der Waals surface area contributed by atoms with E-state index in [1.54, 1.807) is 0 Å². The van der Waals surface area contributed by atoms with Crippen molar-refractivity contribution in [3.8, 4) is 11.1 Å². The maximum atomic E-state index is 13.6. The van der Waals surface area contributed by atoms with Crippen molar-refractivity contribution in [3.63, 3.8) is 0 Å². The Balaban J connectivity index is 2.96. The van der Waals surface area contributed by atoms with Crippen LogP contribution in [-0.4, -0.2) is 0 Å². The van der Waals surface area contributed by atoms with Crippen LogP contribution in [0.2, 0.25) is 0 Å². The summed E-state index contributed by atoms with van der Waals surface area (Å²) in [6.07, 6.45) is 0. The van der Waals surface area contributed by atoms with E-state index < -0.39 is 63.4 Å². The lowest BCUT2D eigenvalue weighted by Crippen LogP contribution is -2.08. The normalized spacial score (nSPS) is 11.0. The molecule has 2 aromatic carbocycles. The van der Waals surface area contributed by atoms with E-state index in [9.17, 15) is 35.1 Å². The topological polar surface area (TPSA) is 26.0 Å². The Labute approximate surface area is 111 Å². The molecule has 0 heterocycles. The summed E-state index contributed by atoms with van der Waals surface area (Å²) >= 11 is 0. The molecule has 0 aliphatic heterocycles. The van der Waals surface area contributed by atoms with Gasteiger partial charge < -0.3 is 5.73 Å². The third kappa shape index (κ3) is 2.08. The van der Waals surface area contributed by atoms with E-state index in [4.69, 9.17) is 5.73 Å². The van der Waals surface area contributed by atoms with Gasteiger partial charge in [-0.1, -0.05) is 0 Å². The fourth-order valence-electron chi connectivity index (χ4n) is 1.67.